The van der Waals surface area contributed by atoms with Gasteiger partial charge < -0.3 is 16.3 Å². The third-order valence-electron chi connectivity index (χ3n) is 3.23. The van der Waals surface area contributed by atoms with Gasteiger partial charge in [0.1, 0.15) is 11.7 Å². The maximum absolute atomic E-state index is 13.2. The number of hydrogen-bond donors (Lipinski definition) is 3. The molecule has 1 fully saturated rings. The standard InChI is InChI=1S/C12H15ClFN3O/c13-9-2-1-8(5-10(9)14)16-7-12(3-4-12)6-11(15)17-18/h1-2,5,16,18H,3-4,6-7H2,(H2,15,17). The van der Waals surface area contributed by atoms with Crippen LogP contribution in [-0.2, 0) is 0 Å². The van der Waals surface area contributed by atoms with Gasteiger partial charge in [-0.1, -0.05) is 16.8 Å². The summed E-state index contributed by atoms with van der Waals surface area (Å²) in [5.74, 6) is -0.209. The minimum Gasteiger partial charge on any atom is -0.409 e. The highest BCUT2D eigenvalue weighted by Crippen LogP contribution is 2.48. The van der Waals surface area contributed by atoms with Crippen molar-refractivity contribution in [3.05, 3.63) is 29.0 Å². The molecule has 0 atom stereocenters. The topological polar surface area (TPSA) is 70.6 Å². The van der Waals surface area contributed by atoms with Crippen molar-refractivity contribution < 1.29 is 9.60 Å². The molecule has 0 spiro atoms. The lowest BCUT2D eigenvalue weighted by molar-refractivity contribution is 0.315. The van der Waals surface area contributed by atoms with Crippen LogP contribution in [0.1, 0.15) is 19.3 Å². The molecule has 0 unspecified atom stereocenters. The van der Waals surface area contributed by atoms with Crippen molar-refractivity contribution in [1.29, 1.82) is 0 Å². The summed E-state index contributed by atoms with van der Waals surface area (Å²) in [4.78, 5) is 0. The fraction of sp³-hybridized carbons (Fsp3) is 0.417. The highest BCUT2D eigenvalue weighted by atomic mass is 35.5. The first-order chi connectivity index (χ1) is 8.54. The average molecular weight is 272 g/mol. The maximum atomic E-state index is 13.2. The number of rotatable bonds is 5. The second-order valence-corrected chi connectivity index (χ2v) is 5.16. The van der Waals surface area contributed by atoms with E-state index in [0.717, 1.165) is 12.8 Å². The number of nitrogens with zero attached hydrogens (tertiary/aromatic N) is 1. The second kappa shape index (κ2) is 5.02. The Kier molecular flexibility index (Phi) is 3.61. The third-order valence-corrected chi connectivity index (χ3v) is 3.54. The Morgan fingerprint density at radius 3 is 2.83 bits per heavy atom. The zero-order chi connectivity index (χ0) is 13.2. The lowest BCUT2D eigenvalue weighted by atomic mass is 10.0. The van der Waals surface area contributed by atoms with Crippen molar-refractivity contribution in [3.8, 4) is 0 Å². The van der Waals surface area contributed by atoms with Crippen LogP contribution in [-0.4, -0.2) is 17.6 Å². The van der Waals surface area contributed by atoms with Crippen LogP contribution >= 0.6 is 11.6 Å². The molecule has 6 heteroatoms. The average Bonchev–Trinajstić information content (AvgIpc) is 3.11. The van der Waals surface area contributed by atoms with Gasteiger partial charge in [0.25, 0.3) is 0 Å². The van der Waals surface area contributed by atoms with E-state index in [4.69, 9.17) is 22.5 Å². The van der Waals surface area contributed by atoms with Crippen molar-refractivity contribution in [2.45, 2.75) is 19.3 Å². The largest absolute Gasteiger partial charge is 0.409 e. The van der Waals surface area contributed by atoms with Crippen molar-refractivity contribution in [2.24, 2.45) is 16.3 Å². The molecule has 1 aromatic carbocycles. The molecular formula is C12H15ClFN3O. The highest BCUT2D eigenvalue weighted by molar-refractivity contribution is 6.30. The van der Waals surface area contributed by atoms with E-state index in [2.05, 4.69) is 10.5 Å². The molecule has 0 heterocycles. The van der Waals surface area contributed by atoms with E-state index in [1.54, 1.807) is 6.07 Å². The summed E-state index contributed by atoms with van der Waals surface area (Å²) in [6, 6.07) is 4.61. The first kappa shape index (κ1) is 13.0. The minimum atomic E-state index is -0.442. The Bertz CT molecular complexity index is 474. The van der Waals surface area contributed by atoms with Gasteiger partial charge in [0.15, 0.2) is 0 Å². The molecular weight excluding hydrogens is 257 g/mol. The molecule has 98 valence electrons. The van der Waals surface area contributed by atoms with Gasteiger partial charge in [-0.25, -0.2) is 4.39 Å². The highest BCUT2D eigenvalue weighted by Gasteiger charge is 2.43. The van der Waals surface area contributed by atoms with Crippen molar-refractivity contribution in [1.82, 2.24) is 0 Å². The van der Waals surface area contributed by atoms with Gasteiger partial charge in [0.05, 0.1) is 5.02 Å². The molecule has 1 aliphatic carbocycles. The van der Waals surface area contributed by atoms with E-state index >= 15 is 0 Å². The maximum Gasteiger partial charge on any atom is 0.143 e. The molecule has 0 bridgehead atoms. The third kappa shape index (κ3) is 3.04. The van der Waals surface area contributed by atoms with Gasteiger partial charge in [0, 0.05) is 18.7 Å². The van der Waals surface area contributed by atoms with Crippen LogP contribution in [0.25, 0.3) is 0 Å². The van der Waals surface area contributed by atoms with Crippen molar-refractivity contribution >= 4 is 23.1 Å². The summed E-state index contributed by atoms with van der Waals surface area (Å²) in [5, 5.41) is 14.8. The summed E-state index contributed by atoms with van der Waals surface area (Å²) in [6.45, 7) is 0.671. The van der Waals surface area contributed by atoms with E-state index < -0.39 is 5.82 Å². The van der Waals surface area contributed by atoms with Gasteiger partial charge in [0.2, 0.25) is 0 Å². The quantitative estimate of drug-likeness (QED) is 0.334. The summed E-state index contributed by atoms with van der Waals surface area (Å²) in [7, 11) is 0. The van der Waals surface area contributed by atoms with Crippen LogP contribution in [0, 0.1) is 11.2 Å². The number of hydrogen-bond acceptors (Lipinski definition) is 3. The number of anilines is 1. The fourth-order valence-corrected chi connectivity index (χ4v) is 2.03. The molecule has 18 heavy (non-hydrogen) atoms. The zero-order valence-corrected chi connectivity index (χ0v) is 10.5. The molecule has 1 aliphatic rings. The van der Waals surface area contributed by atoms with Crippen LogP contribution in [0.5, 0.6) is 0 Å². The predicted octanol–water partition coefficient (Wildman–Crippen LogP) is 2.81. The zero-order valence-electron chi connectivity index (χ0n) is 9.79. The second-order valence-electron chi connectivity index (χ2n) is 4.75. The number of nitrogens with one attached hydrogen (secondary N) is 1. The van der Waals surface area contributed by atoms with Gasteiger partial charge in [-0.2, -0.15) is 0 Å². The molecule has 0 amide bonds. The molecule has 2 rings (SSSR count). The lowest BCUT2D eigenvalue weighted by Crippen LogP contribution is -2.23. The molecule has 0 aliphatic heterocycles. The summed E-state index contributed by atoms with van der Waals surface area (Å²) in [6.07, 6.45) is 2.59. The fourth-order valence-electron chi connectivity index (χ4n) is 1.91. The number of halogens is 2. The first-order valence-corrected chi connectivity index (χ1v) is 6.08. The van der Waals surface area contributed by atoms with Crippen LogP contribution in [0.3, 0.4) is 0 Å². The van der Waals surface area contributed by atoms with Crippen LogP contribution in [0.15, 0.2) is 23.4 Å². The van der Waals surface area contributed by atoms with E-state index in [1.807, 2.05) is 0 Å². The Morgan fingerprint density at radius 1 is 1.56 bits per heavy atom. The van der Waals surface area contributed by atoms with Gasteiger partial charge in [-0.3, -0.25) is 0 Å². The van der Waals surface area contributed by atoms with Crippen molar-refractivity contribution in [2.75, 3.05) is 11.9 Å². The SMILES string of the molecule is NC(CC1(CNc2ccc(Cl)c(F)c2)CC1)=NO. The van der Waals surface area contributed by atoms with Gasteiger partial charge >= 0.3 is 0 Å². The van der Waals surface area contributed by atoms with E-state index in [9.17, 15) is 4.39 Å². The normalized spacial score (nSPS) is 17.6. The number of amidine groups is 1. The van der Waals surface area contributed by atoms with E-state index in [1.165, 1.54) is 12.1 Å². The number of benzene rings is 1. The molecule has 4 nitrogen and oxygen atoms in total. The van der Waals surface area contributed by atoms with Gasteiger partial charge in [-0.05, 0) is 36.5 Å². The molecule has 4 N–H and O–H groups in total. The molecule has 0 radical (unpaired) electrons. The first-order valence-electron chi connectivity index (χ1n) is 5.70. The summed E-state index contributed by atoms with van der Waals surface area (Å²) < 4.78 is 13.2. The van der Waals surface area contributed by atoms with Crippen LogP contribution in [0.2, 0.25) is 5.02 Å². The smallest absolute Gasteiger partial charge is 0.143 e. The Morgan fingerprint density at radius 2 is 2.28 bits per heavy atom. The summed E-state index contributed by atoms with van der Waals surface area (Å²) in [5.41, 5.74) is 6.22. The predicted molar refractivity (Wildman–Crippen MR) is 69.6 cm³/mol. The molecule has 1 aromatic rings. The lowest BCUT2D eigenvalue weighted by Gasteiger charge is -2.16. The molecule has 1 saturated carbocycles. The minimum absolute atomic E-state index is 0.0342. The monoisotopic (exact) mass is 271 g/mol. The molecule has 0 saturated heterocycles. The number of nitrogens with two attached hydrogens (primary N) is 1. The van der Waals surface area contributed by atoms with E-state index in [-0.39, 0.29) is 16.3 Å². The van der Waals surface area contributed by atoms with E-state index in [0.29, 0.717) is 18.7 Å². The summed E-state index contributed by atoms with van der Waals surface area (Å²) >= 11 is 5.61. The Balaban J connectivity index is 1.93. The van der Waals surface area contributed by atoms with Gasteiger partial charge in [-0.15, -0.1) is 0 Å². The Labute approximate surface area is 110 Å². The number of oxime groups is 1. The molecule has 0 aromatic heterocycles. The Hall–Kier alpha value is -1.49. The van der Waals surface area contributed by atoms with Crippen molar-refractivity contribution in [3.63, 3.8) is 0 Å². The van der Waals surface area contributed by atoms with Crippen LogP contribution < -0.4 is 11.1 Å². The van der Waals surface area contributed by atoms with Crippen LogP contribution in [0.4, 0.5) is 10.1 Å².